The molecule has 164 valence electrons. The first kappa shape index (κ1) is 21.5. The van der Waals surface area contributed by atoms with Crippen LogP contribution in [0.2, 0.25) is 5.02 Å². The van der Waals surface area contributed by atoms with Crippen LogP contribution < -0.4 is 10.6 Å². The van der Waals surface area contributed by atoms with Crippen molar-refractivity contribution in [1.29, 1.82) is 0 Å². The van der Waals surface area contributed by atoms with Crippen LogP contribution in [0.25, 0.3) is 0 Å². The topological polar surface area (TPSA) is 82.5 Å². The second-order valence-electron chi connectivity index (χ2n) is 7.71. The van der Waals surface area contributed by atoms with Gasteiger partial charge < -0.3 is 20.1 Å². The molecule has 2 aliphatic heterocycles. The molecule has 8 nitrogen and oxygen atoms in total. The Bertz CT molecular complexity index is 965. The minimum atomic E-state index is -0.265. The molecule has 9 heteroatoms. The summed E-state index contributed by atoms with van der Waals surface area (Å²) in [5, 5.41) is 6.69. The van der Waals surface area contributed by atoms with Crippen molar-refractivity contribution in [2.24, 2.45) is 0 Å². The number of benzene rings is 1. The van der Waals surface area contributed by atoms with Crippen molar-refractivity contribution in [3.8, 4) is 0 Å². The Kier molecular flexibility index (Phi) is 7.01. The molecule has 4 rings (SSSR count). The van der Waals surface area contributed by atoms with Gasteiger partial charge in [-0.1, -0.05) is 29.8 Å². The third kappa shape index (κ3) is 5.33. The fourth-order valence-electron chi connectivity index (χ4n) is 3.87. The van der Waals surface area contributed by atoms with Crippen LogP contribution in [0.4, 0.5) is 5.69 Å². The number of halogens is 1. The van der Waals surface area contributed by atoms with E-state index in [4.69, 9.17) is 11.6 Å². The number of hydrogen-bond acceptors (Lipinski definition) is 5. The quantitative estimate of drug-likeness (QED) is 0.692. The summed E-state index contributed by atoms with van der Waals surface area (Å²) in [6, 6.07) is 7.10. The molecule has 0 saturated carbocycles. The summed E-state index contributed by atoms with van der Waals surface area (Å²) >= 11 is 6.13. The van der Waals surface area contributed by atoms with E-state index < -0.39 is 0 Å². The number of imidazole rings is 1. The van der Waals surface area contributed by atoms with Gasteiger partial charge in [0.05, 0.1) is 23.5 Å². The van der Waals surface area contributed by atoms with Gasteiger partial charge in [-0.15, -0.1) is 0 Å². The predicted molar refractivity (Wildman–Crippen MR) is 120 cm³/mol. The molecule has 0 atom stereocenters. The zero-order valence-corrected chi connectivity index (χ0v) is 18.1. The molecule has 1 aromatic heterocycles. The molecule has 2 N–H and O–H groups in total. The second kappa shape index (κ2) is 10.1. The van der Waals surface area contributed by atoms with Crippen molar-refractivity contribution in [3.05, 3.63) is 59.2 Å². The average molecular weight is 443 g/mol. The molecule has 0 radical (unpaired) electrons. The van der Waals surface area contributed by atoms with Crippen LogP contribution in [-0.4, -0.2) is 70.4 Å². The summed E-state index contributed by atoms with van der Waals surface area (Å²) < 4.78 is 1.86. The Morgan fingerprint density at radius 3 is 2.90 bits per heavy atom. The number of amides is 2. The lowest BCUT2D eigenvalue weighted by molar-refractivity contribution is -0.127. The van der Waals surface area contributed by atoms with Gasteiger partial charge in [0, 0.05) is 38.8 Å². The molecule has 0 spiro atoms. The highest BCUT2D eigenvalue weighted by molar-refractivity contribution is 6.33. The fraction of sp³-hybridized carbons (Fsp3) is 0.409. The van der Waals surface area contributed by atoms with E-state index in [0.717, 1.165) is 39.1 Å². The van der Waals surface area contributed by atoms with Crippen molar-refractivity contribution in [3.63, 3.8) is 0 Å². The third-order valence-electron chi connectivity index (χ3n) is 5.59. The molecule has 0 unspecified atom stereocenters. The summed E-state index contributed by atoms with van der Waals surface area (Å²) in [4.78, 5) is 33.8. The van der Waals surface area contributed by atoms with Crippen LogP contribution in [0, 0.1) is 0 Å². The lowest BCUT2D eigenvalue weighted by Gasteiger charge is -2.27. The minimum Gasteiger partial charge on any atom is -0.330 e. The molecule has 0 aliphatic carbocycles. The molecular weight excluding hydrogens is 416 g/mol. The van der Waals surface area contributed by atoms with Crippen LogP contribution in [0.5, 0.6) is 0 Å². The third-order valence-corrected chi connectivity index (χ3v) is 5.92. The first-order chi connectivity index (χ1) is 15.1. The average Bonchev–Trinajstić information content (AvgIpc) is 3.03. The molecule has 2 aliphatic rings. The predicted octanol–water partition coefficient (Wildman–Crippen LogP) is 1.98. The van der Waals surface area contributed by atoms with E-state index in [1.54, 1.807) is 29.3 Å². The number of aromatic nitrogens is 2. The van der Waals surface area contributed by atoms with E-state index in [1.165, 1.54) is 0 Å². The molecule has 0 bridgehead atoms. The van der Waals surface area contributed by atoms with Gasteiger partial charge in [0.1, 0.15) is 11.5 Å². The second-order valence-corrected chi connectivity index (χ2v) is 8.12. The van der Waals surface area contributed by atoms with E-state index in [-0.39, 0.29) is 11.8 Å². The first-order valence-electron chi connectivity index (χ1n) is 10.6. The molecule has 3 heterocycles. The normalized spacial score (nSPS) is 17.4. The molecule has 1 fully saturated rings. The Morgan fingerprint density at radius 2 is 2.03 bits per heavy atom. The summed E-state index contributed by atoms with van der Waals surface area (Å²) in [6.45, 7) is 6.31. The van der Waals surface area contributed by atoms with Crippen molar-refractivity contribution in [2.75, 3.05) is 44.6 Å². The first-order valence-corrected chi connectivity index (χ1v) is 11.0. The maximum Gasteiger partial charge on any atom is 0.273 e. The van der Waals surface area contributed by atoms with Crippen molar-refractivity contribution < 1.29 is 9.59 Å². The van der Waals surface area contributed by atoms with Gasteiger partial charge in [-0.3, -0.25) is 14.5 Å². The number of para-hydroxylation sites is 1. The lowest BCUT2D eigenvalue weighted by atomic mass is 10.3. The molecule has 1 aromatic carbocycles. The number of hydrogen-bond donors (Lipinski definition) is 2. The van der Waals surface area contributed by atoms with E-state index in [2.05, 4.69) is 20.5 Å². The van der Waals surface area contributed by atoms with Crippen LogP contribution in [0.3, 0.4) is 0 Å². The summed E-state index contributed by atoms with van der Waals surface area (Å²) in [5.41, 5.74) is 1.02. The van der Waals surface area contributed by atoms with Gasteiger partial charge in [0.2, 0.25) is 5.91 Å². The molecule has 2 amide bonds. The van der Waals surface area contributed by atoms with E-state index in [1.807, 2.05) is 22.8 Å². The Hall–Kier alpha value is -2.68. The number of nitrogens with one attached hydrogen (secondary N) is 2. The zero-order valence-electron chi connectivity index (χ0n) is 17.4. The van der Waals surface area contributed by atoms with Crippen LogP contribution in [0.1, 0.15) is 22.7 Å². The van der Waals surface area contributed by atoms with Crippen molar-refractivity contribution in [1.82, 2.24) is 24.7 Å². The lowest BCUT2D eigenvalue weighted by Crippen LogP contribution is -2.38. The van der Waals surface area contributed by atoms with Gasteiger partial charge in [0.15, 0.2) is 0 Å². The number of fused-ring (bicyclic) bond motifs is 1. The van der Waals surface area contributed by atoms with E-state index in [0.29, 0.717) is 41.9 Å². The van der Waals surface area contributed by atoms with Crippen LogP contribution in [0.15, 0.2) is 42.6 Å². The highest BCUT2D eigenvalue weighted by atomic mass is 35.5. The van der Waals surface area contributed by atoms with Gasteiger partial charge in [-0.25, -0.2) is 4.98 Å². The molecular formula is C22H27ClN6O2. The van der Waals surface area contributed by atoms with Crippen LogP contribution >= 0.6 is 11.6 Å². The SMILES string of the molecule is O=C(Nc1ccccc1Cl)c1cnc2n1CCN(C(=O)/C=C/CN1CCCNCC1)C2. The van der Waals surface area contributed by atoms with Gasteiger partial charge in [-0.2, -0.15) is 0 Å². The Morgan fingerprint density at radius 1 is 1.16 bits per heavy atom. The Labute approximate surface area is 186 Å². The van der Waals surface area contributed by atoms with Crippen molar-refractivity contribution in [2.45, 2.75) is 19.5 Å². The van der Waals surface area contributed by atoms with E-state index >= 15 is 0 Å². The standard InChI is InChI=1S/C22H27ClN6O2/c23-17-5-1-2-6-18(17)26-22(31)19-15-25-20-16-28(13-14-29(19)20)21(30)7-3-10-27-11-4-8-24-9-12-27/h1-3,5-7,15,24H,4,8-14,16H2,(H,26,31)/b7-3+. The van der Waals surface area contributed by atoms with Gasteiger partial charge >= 0.3 is 0 Å². The summed E-state index contributed by atoms with van der Waals surface area (Å²) in [5.74, 6) is 0.415. The van der Waals surface area contributed by atoms with E-state index in [9.17, 15) is 9.59 Å². The van der Waals surface area contributed by atoms with Gasteiger partial charge in [-0.05, 0) is 31.6 Å². The number of anilines is 1. The number of carbonyl (C=O) groups is 2. The Balaban J connectivity index is 1.34. The number of nitrogens with zero attached hydrogens (tertiary/aromatic N) is 4. The summed E-state index contributed by atoms with van der Waals surface area (Å²) in [7, 11) is 0. The highest BCUT2D eigenvalue weighted by Crippen LogP contribution is 2.22. The molecule has 31 heavy (non-hydrogen) atoms. The zero-order chi connectivity index (χ0) is 21.6. The maximum atomic E-state index is 12.7. The fourth-order valence-corrected chi connectivity index (χ4v) is 4.05. The smallest absolute Gasteiger partial charge is 0.273 e. The molecule has 2 aromatic rings. The highest BCUT2D eigenvalue weighted by Gasteiger charge is 2.25. The maximum absolute atomic E-state index is 12.7. The van der Waals surface area contributed by atoms with Crippen molar-refractivity contribution >= 4 is 29.1 Å². The summed E-state index contributed by atoms with van der Waals surface area (Å²) in [6.07, 6.45) is 6.28. The monoisotopic (exact) mass is 442 g/mol. The number of rotatable bonds is 5. The van der Waals surface area contributed by atoms with Gasteiger partial charge in [0.25, 0.3) is 5.91 Å². The number of carbonyl (C=O) groups excluding carboxylic acids is 2. The molecule has 1 saturated heterocycles. The van der Waals surface area contributed by atoms with Crippen LogP contribution in [-0.2, 0) is 17.9 Å². The largest absolute Gasteiger partial charge is 0.330 e. The minimum absolute atomic E-state index is 0.0238.